The van der Waals surface area contributed by atoms with Crippen molar-refractivity contribution in [2.45, 2.75) is 98.1 Å². The van der Waals surface area contributed by atoms with E-state index in [-0.39, 0.29) is 22.6 Å². The highest BCUT2D eigenvalue weighted by atomic mass is 28.4. The van der Waals surface area contributed by atoms with Gasteiger partial charge in [0.1, 0.15) is 6.54 Å². The lowest BCUT2D eigenvalue weighted by atomic mass is 10.1. The van der Waals surface area contributed by atoms with Crippen molar-refractivity contribution in [1.29, 1.82) is 0 Å². The van der Waals surface area contributed by atoms with E-state index in [0.29, 0.717) is 11.8 Å². The minimum absolute atomic E-state index is 0.00474. The van der Waals surface area contributed by atoms with Crippen molar-refractivity contribution < 1.29 is 13.6 Å². The van der Waals surface area contributed by atoms with Crippen molar-refractivity contribution in [3.05, 3.63) is 0 Å². The third-order valence-electron chi connectivity index (χ3n) is 5.32. The first kappa shape index (κ1) is 24.4. The molecule has 0 rings (SSSR count). The van der Waals surface area contributed by atoms with Crippen LogP contribution in [0.4, 0.5) is 0 Å². The Hall–Kier alpha value is -0.626. The maximum atomic E-state index is 12.3. The van der Waals surface area contributed by atoms with E-state index in [9.17, 15) is 4.79 Å². The van der Waals surface area contributed by atoms with Gasteiger partial charge in [0.15, 0.2) is 5.90 Å². The molecule has 0 heterocycles. The number of aliphatic imine (C=N–C) groups is 1. The van der Waals surface area contributed by atoms with E-state index in [0.717, 1.165) is 6.42 Å². The van der Waals surface area contributed by atoms with Crippen LogP contribution in [-0.2, 0) is 13.6 Å². The average Bonchev–Trinajstić information content (AvgIpc) is 2.31. The standard InChI is InChI=1S/C19H41NO3Si2/c1-15(2)13-16(22-24(9,10)18(3,4)5)20-14-17(21)23-25(11,12)19(6,7)8/h15H,13-14H2,1-12H3. The van der Waals surface area contributed by atoms with E-state index < -0.39 is 16.6 Å². The first-order valence-electron chi connectivity index (χ1n) is 9.33. The first-order valence-corrected chi connectivity index (χ1v) is 15.1. The SMILES string of the molecule is CC(C)CC(=NCC(=O)O[Si](C)(C)C(C)(C)C)O[Si](C)(C)C(C)(C)C. The van der Waals surface area contributed by atoms with Crippen LogP contribution in [-0.4, -0.2) is 35.0 Å². The molecule has 0 aliphatic carbocycles. The molecule has 0 aliphatic heterocycles. The van der Waals surface area contributed by atoms with E-state index in [2.05, 4.69) is 86.6 Å². The maximum absolute atomic E-state index is 12.3. The van der Waals surface area contributed by atoms with E-state index in [1.54, 1.807) is 0 Å². The minimum atomic E-state index is -2.10. The van der Waals surface area contributed by atoms with Gasteiger partial charge in [-0.15, -0.1) is 0 Å². The fourth-order valence-corrected chi connectivity index (χ4v) is 3.54. The molecule has 25 heavy (non-hydrogen) atoms. The number of hydrogen-bond acceptors (Lipinski definition) is 4. The van der Waals surface area contributed by atoms with Crippen LogP contribution < -0.4 is 0 Å². The van der Waals surface area contributed by atoms with Crippen LogP contribution in [0.5, 0.6) is 0 Å². The van der Waals surface area contributed by atoms with Gasteiger partial charge < -0.3 is 8.85 Å². The van der Waals surface area contributed by atoms with E-state index in [1.807, 2.05) is 0 Å². The van der Waals surface area contributed by atoms with Gasteiger partial charge in [0.25, 0.3) is 16.6 Å². The first-order chi connectivity index (χ1) is 10.9. The fraction of sp³-hybridized carbons (Fsp3) is 0.895. The highest BCUT2D eigenvalue weighted by Crippen LogP contribution is 2.38. The third kappa shape index (κ3) is 8.07. The van der Waals surface area contributed by atoms with Gasteiger partial charge in [-0.3, -0.25) is 4.79 Å². The molecule has 0 unspecified atom stereocenters. The molecule has 0 amide bonds. The van der Waals surface area contributed by atoms with Crippen LogP contribution in [0.25, 0.3) is 0 Å². The second kappa shape index (κ2) is 8.38. The second-order valence-electron chi connectivity index (χ2n) is 10.4. The lowest BCUT2D eigenvalue weighted by Gasteiger charge is -2.37. The molecule has 0 atom stereocenters. The number of carbonyl (C=O) groups excluding carboxylic acids is 1. The van der Waals surface area contributed by atoms with Crippen LogP contribution >= 0.6 is 0 Å². The Labute approximate surface area is 158 Å². The van der Waals surface area contributed by atoms with Crippen molar-refractivity contribution in [2.75, 3.05) is 6.54 Å². The normalized spacial score (nSPS) is 14.7. The van der Waals surface area contributed by atoms with Gasteiger partial charge in [0.2, 0.25) is 0 Å². The molecule has 0 spiro atoms. The summed E-state index contributed by atoms with van der Waals surface area (Å²) in [5.74, 6) is 0.889. The molecule has 0 saturated heterocycles. The molecule has 0 aromatic carbocycles. The molecule has 0 saturated carbocycles. The smallest absolute Gasteiger partial charge is 0.314 e. The average molecular weight is 388 g/mol. The molecule has 0 aromatic heterocycles. The van der Waals surface area contributed by atoms with Gasteiger partial charge in [-0.05, 0) is 42.2 Å². The van der Waals surface area contributed by atoms with E-state index in [4.69, 9.17) is 8.85 Å². The van der Waals surface area contributed by atoms with Gasteiger partial charge >= 0.3 is 5.97 Å². The fourth-order valence-electron chi connectivity index (χ4n) is 1.56. The molecular weight excluding hydrogens is 346 g/mol. The largest absolute Gasteiger partial charge is 0.534 e. The Balaban J connectivity index is 5.16. The van der Waals surface area contributed by atoms with Gasteiger partial charge in [-0.25, -0.2) is 4.99 Å². The molecule has 4 nitrogen and oxygen atoms in total. The summed E-state index contributed by atoms with van der Waals surface area (Å²) in [6, 6.07) is 0. The van der Waals surface area contributed by atoms with Crippen molar-refractivity contribution in [2.24, 2.45) is 10.9 Å². The predicted octanol–water partition coefficient (Wildman–Crippen LogP) is 6.00. The molecule has 0 bridgehead atoms. The molecule has 0 fully saturated rings. The quantitative estimate of drug-likeness (QED) is 0.319. The molecule has 0 radical (unpaired) electrons. The number of hydrogen-bond donors (Lipinski definition) is 0. The Kier molecular flexibility index (Phi) is 8.17. The van der Waals surface area contributed by atoms with Crippen LogP contribution in [0.15, 0.2) is 4.99 Å². The highest BCUT2D eigenvalue weighted by molar-refractivity contribution is 6.76. The molecule has 0 aromatic rings. The summed E-state index contributed by atoms with van der Waals surface area (Å²) < 4.78 is 12.2. The molecule has 0 N–H and O–H groups in total. The topological polar surface area (TPSA) is 47.9 Å². The Morgan fingerprint density at radius 1 is 0.880 bits per heavy atom. The number of nitrogens with zero attached hydrogens (tertiary/aromatic N) is 1. The number of rotatable bonds is 6. The van der Waals surface area contributed by atoms with Crippen molar-refractivity contribution in [1.82, 2.24) is 0 Å². The van der Waals surface area contributed by atoms with E-state index in [1.165, 1.54) is 0 Å². The lowest BCUT2D eigenvalue weighted by Crippen LogP contribution is -2.44. The molecular formula is C19H41NO3Si2. The maximum Gasteiger partial charge on any atom is 0.314 e. The summed E-state index contributed by atoms with van der Waals surface area (Å²) in [7, 11) is -4.06. The van der Waals surface area contributed by atoms with E-state index >= 15 is 0 Å². The van der Waals surface area contributed by atoms with Crippen molar-refractivity contribution in [3.8, 4) is 0 Å². The molecule has 6 heteroatoms. The van der Waals surface area contributed by atoms with Gasteiger partial charge in [-0.1, -0.05) is 55.4 Å². The zero-order valence-electron chi connectivity index (χ0n) is 18.7. The summed E-state index contributed by atoms with van der Waals surface area (Å²) in [5.41, 5.74) is 0. The predicted molar refractivity (Wildman–Crippen MR) is 113 cm³/mol. The third-order valence-corrected chi connectivity index (χ3v) is 14.0. The second-order valence-corrected chi connectivity index (χ2v) is 19.9. The molecule has 148 valence electrons. The van der Waals surface area contributed by atoms with Gasteiger partial charge in [0.05, 0.1) is 0 Å². The zero-order valence-corrected chi connectivity index (χ0v) is 20.7. The Morgan fingerprint density at radius 3 is 1.64 bits per heavy atom. The van der Waals surface area contributed by atoms with Gasteiger partial charge in [-0.2, -0.15) is 0 Å². The Morgan fingerprint density at radius 2 is 1.28 bits per heavy atom. The molecule has 0 aliphatic rings. The lowest BCUT2D eigenvalue weighted by molar-refractivity contribution is -0.133. The van der Waals surface area contributed by atoms with Crippen LogP contribution in [0.2, 0.25) is 36.3 Å². The van der Waals surface area contributed by atoms with Crippen LogP contribution in [0.3, 0.4) is 0 Å². The number of carbonyl (C=O) groups is 1. The van der Waals surface area contributed by atoms with Crippen LogP contribution in [0, 0.1) is 5.92 Å². The summed E-state index contributed by atoms with van der Waals surface area (Å²) in [6.45, 7) is 25.9. The summed E-state index contributed by atoms with van der Waals surface area (Å²) in [4.78, 5) is 16.8. The van der Waals surface area contributed by atoms with Crippen LogP contribution in [0.1, 0.15) is 61.8 Å². The van der Waals surface area contributed by atoms with Crippen molar-refractivity contribution >= 4 is 28.5 Å². The Bertz CT molecular complexity index is 484. The highest BCUT2D eigenvalue weighted by Gasteiger charge is 2.41. The summed E-state index contributed by atoms with van der Waals surface area (Å²) in [6.07, 6.45) is 0.750. The van der Waals surface area contributed by atoms with Crippen molar-refractivity contribution in [3.63, 3.8) is 0 Å². The zero-order chi connectivity index (χ0) is 20.3. The minimum Gasteiger partial charge on any atom is -0.534 e. The van der Waals surface area contributed by atoms with Gasteiger partial charge in [0, 0.05) is 6.42 Å². The monoisotopic (exact) mass is 387 g/mol. The summed E-state index contributed by atoms with van der Waals surface area (Å²) in [5, 5.41) is 0.108. The summed E-state index contributed by atoms with van der Waals surface area (Å²) >= 11 is 0.